The van der Waals surface area contributed by atoms with Crippen molar-refractivity contribution in [3.8, 4) is 28.4 Å². The minimum atomic E-state index is -1.18. The van der Waals surface area contributed by atoms with Gasteiger partial charge >= 0.3 is 5.97 Å². The van der Waals surface area contributed by atoms with E-state index in [0.29, 0.717) is 27.7 Å². The van der Waals surface area contributed by atoms with Crippen molar-refractivity contribution in [2.24, 2.45) is 0 Å². The van der Waals surface area contributed by atoms with Crippen LogP contribution in [0.3, 0.4) is 0 Å². The van der Waals surface area contributed by atoms with Gasteiger partial charge in [0.05, 0.1) is 22.5 Å². The summed E-state index contributed by atoms with van der Waals surface area (Å²) in [5.74, 6) is -2.50. The first kappa shape index (κ1) is 22.4. The quantitative estimate of drug-likeness (QED) is 0.344. The minimum Gasteiger partial charge on any atom is -0.508 e. The van der Waals surface area contributed by atoms with Gasteiger partial charge in [0.1, 0.15) is 29.7 Å². The number of halogens is 3. The number of aromatic carboxylic acids is 1. The van der Waals surface area contributed by atoms with Crippen molar-refractivity contribution in [2.45, 2.75) is 13.5 Å². The van der Waals surface area contributed by atoms with Gasteiger partial charge in [0.15, 0.2) is 0 Å². The summed E-state index contributed by atoms with van der Waals surface area (Å²) in [7, 11) is 0. The number of nitrogens with zero attached hydrogens (tertiary/aromatic N) is 1. The van der Waals surface area contributed by atoms with E-state index in [9.17, 15) is 23.8 Å². The highest BCUT2D eigenvalue weighted by Crippen LogP contribution is 2.37. The van der Waals surface area contributed by atoms with E-state index in [0.717, 1.165) is 23.9 Å². The smallest absolute Gasteiger partial charge is 0.335 e. The molecule has 0 atom stereocenters. The van der Waals surface area contributed by atoms with Crippen LogP contribution in [-0.2, 0) is 6.61 Å². The largest absolute Gasteiger partial charge is 0.508 e. The molecule has 0 amide bonds. The fourth-order valence-electron chi connectivity index (χ4n) is 3.59. The van der Waals surface area contributed by atoms with Crippen LogP contribution in [0.2, 0.25) is 5.02 Å². The van der Waals surface area contributed by atoms with E-state index in [1.54, 1.807) is 34.9 Å². The van der Waals surface area contributed by atoms with Gasteiger partial charge in [0.2, 0.25) is 0 Å². The van der Waals surface area contributed by atoms with Crippen molar-refractivity contribution in [1.82, 2.24) is 4.57 Å². The zero-order valence-electron chi connectivity index (χ0n) is 17.3. The second kappa shape index (κ2) is 8.96. The lowest BCUT2D eigenvalue weighted by molar-refractivity contribution is 0.0696. The molecule has 1 heterocycles. The lowest BCUT2D eigenvalue weighted by Gasteiger charge is -2.17. The van der Waals surface area contributed by atoms with Crippen LogP contribution in [-0.4, -0.2) is 20.7 Å². The van der Waals surface area contributed by atoms with E-state index in [4.69, 9.17) is 16.3 Å². The number of phenolic OH excluding ortho intramolecular Hbond substituents is 1. The molecule has 168 valence electrons. The number of hydrogen-bond donors (Lipinski definition) is 2. The molecule has 0 aliphatic rings. The number of ether oxygens (including phenoxy) is 1. The predicted molar refractivity (Wildman–Crippen MR) is 120 cm³/mol. The van der Waals surface area contributed by atoms with Gasteiger partial charge in [-0.3, -0.25) is 0 Å². The number of aryl methyl sites for hydroxylation is 1. The van der Waals surface area contributed by atoms with E-state index in [2.05, 4.69) is 0 Å². The third-order valence-electron chi connectivity index (χ3n) is 5.13. The number of carboxylic acids is 1. The molecule has 2 N–H and O–H groups in total. The van der Waals surface area contributed by atoms with Gasteiger partial charge in [-0.2, -0.15) is 0 Å². The third kappa shape index (κ3) is 4.54. The van der Waals surface area contributed by atoms with Gasteiger partial charge in [0.25, 0.3) is 0 Å². The summed E-state index contributed by atoms with van der Waals surface area (Å²) in [5, 5.41) is 19.8. The van der Waals surface area contributed by atoms with Crippen LogP contribution in [0, 0.1) is 18.6 Å². The molecule has 33 heavy (non-hydrogen) atoms. The van der Waals surface area contributed by atoms with E-state index in [1.165, 1.54) is 18.2 Å². The fraction of sp³-hybridized carbons (Fsp3) is 0.0800. The van der Waals surface area contributed by atoms with Crippen LogP contribution in [0.1, 0.15) is 21.6 Å². The molecule has 0 saturated heterocycles. The van der Waals surface area contributed by atoms with Crippen LogP contribution >= 0.6 is 11.6 Å². The molecule has 0 radical (unpaired) electrons. The second-order valence-corrected chi connectivity index (χ2v) is 7.80. The van der Waals surface area contributed by atoms with E-state index in [1.807, 2.05) is 6.92 Å². The molecule has 4 rings (SSSR count). The van der Waals surface area contributed by atoms with Gasteiger partial charge in [-0.1, -0.05) is 17.7 Å². The molecule has 0 unspecified atom stereocenters. The highest BCUT2D eigenvalue weighted by atomic mass is 35.5. The van der Waals surface area contributed by atoms with Crippen molar-refractivity contribution in [2.75, 3.05) is 0 Å². The molecule has 0 spiro atoms. The number of aromatic nitrogens is 1. The lowest BCUT2D eigenvalue weighted by atomic mass is 10.1. The fourth-order valence-corrected chi connectivity index (χ4v) is 3.76. The summed E-state index contributed by atoms with van der Waals surface area (Å²) in [4.78, 5) is 11.5. The Balaban J connectivity index is 1.80. The van der Waals surface area contributed by atoms with Crippen molar-refractivity contribution in [3.63, 3.8) is 0 Å². The maximum absolute atomic E-state index is 14.1. The molecule has 0 fully saturated rings. The van der Waals surface area contributed by atoms with Gasteiger partial charge in [-0.15, -0.1) is 0 Å². The summed E-state index contributed by atoms with van der Waals surface area (Å²) in [6, 6.07) is 16.0. The standard InChI is InChI=1S/C25H18ClF2NO4/c1-14-5-7-23(29(14)17-9-15(25(31)32)10-18(30)12-17)19-11-16(26)6-8-24(19)33-13-20-21(27)3-2-4-22(20)28/h2-12,30H,13H2,1H3,(H,31,32). The Kier molecular flexibility index (Phi) is 6.07. The first-order chi connectivity index (χ1) is 15.7. The van der Waals surface area contributed by atoms with Crippen LogP contribution in [0.15, 0.2) is 66.7 Å². The van der Waals surface area contributed by atoms with Crippen LogP contribution in [0.4, 0.5) is 8.78 Å². The summed E-state index contributed by atoms with van der Waals surface area (Å²) < 4.78 is 35.6. The van der Waals surface area contributed by atoms with Crippen LogP contribution in [0.25, 0.3) is 16.9 Å². The molecule has 0 bridgehead atoms. The van der Waals surface area contributed by atoms with E-state index in [-0.39, 0.29) is 23.5 Å². The molecule has 1 aromatic heterocycles. The summed E-state index contributed by atoms with van der Waals surface area (Å²) in [6.45, 7) is 1.47. The number of benzene rings is 3. The molecular formula is C25H18ClF2NO4. The lowest BCUT2D eigenvalue weighted by Crippen LogP contribution is -2.05. The minimum absolute atomic E-state index is 0.0818. The molecule has 0 aliphatic carbocycles. The molecule has 3 aromatic carbocycles. The maximum atomic E-state index is 14.1. The zero-order valence-corrected chi connectivity index (χ0v) is 18.1. The zero-order chi connectivity index (χ0) is 23.7. The summed E-state index contributed by atoms with van der Waals surface area (Å²) >= 11 is 6.23. The number of aromatic hydroxyl groups is 1. The van der Waals surface area contributed by atoms with E-state index >= 15 is 0 Å². The van der Waals surface area contributed by atoms with Crippen molar-refractivity contribution in [1.29, 1.82) is 0 Å². The first-order valence-electron chi connectivity index (χ1n) is 9.86. The van der Waals surface area contributed by atoms with E-state index < -0.39 is 17.6 Å². The van der Waals surface area contributed by atoms with Crippen molar-refractivity contribution < 1.29 is 28.5 Å². The van der Waals surface area contributed by atoms with Gasteiger partial charge in [0, 0.05) is 22.3 Å². The highest BCUT2D eigenvalue weighted by Gasteiger charge is 2.18. The predicted octanol–water partition coefficient (Wildman–Crippen LogP) is 6.37. The Morgan fingerprint density at radius 3 is 2.45 bits per heavy atom. The highest BCUT2D eigenvalue weighted by molar-refractivity contribution is 6.31. The summed E-state index contributed by atoms with van der Waals surface area (Å²) in [6.07, 6.45) is 0. The normalized spacial score (nSPS) is 10.9. The summed E-state index contributed by atoms with van der Waals surface area (Å²) in [5.41, 5.74) is 1.98. The topological polar surface area (TPSA) is 71.7 Å². The van der Waals surface area contributed by atoms with Crippen molar-refractivity contribution >= 4 is 17.6 Å². The van der Waals surface area contributed by atoms with Crippen molar-refractivity contribution in [3.05, 3.63) is 100 Å². The third-order valence-corrected chi connectivity index (χ3v) is 5.37. The Labute approximate surface area is 193 Å². The Morgan fingerprint density at radius 2 is 1.76 bits per heavy atom. The average Bonchev–Trinajstić information content (AvgIpc) is 3.15. The average molecular weight is 470 g/mol. The molecule has 8 heteroatoms. The maximum Gasteiger partial charge on any atom is 0.335 e. The number of carboxylic acid groups (broad SMARTS) is 1. The van der Waals surface area contributed by atoms with Gasteiger partial charge < -0.3 is 19.5 Å². The molecular weight excluding hydrogens is 452 g/mol. The number of phenols is 1. The Morgan fingerprint density at radius 1 is 1.03 bits per heavy atom. The molecule has 0 saturated carbocycles. The number of hydrogen-bond acceptors (Lipinski definition) is 3. The second-order valence-electron chi connectivity index (χ2n) is 7.37. The monoisotopic (exact) mass is 469 g/mol. The molecule has 5 nitrogen and oxygen atoms in total. The molecule has 0 aliphatic heterocycles. The Hall–Kier alpha value is -3.84. The van der Waals surface area contributed by atoms with Gasteiger partial charge in [-0.25, -0.2) is 13.6 Å². The Bertz CT molecular complexity index is 1350. The van der Waals surface area contributed by atoms with Gasteiger partial charge in [-0.05, 0) is 61.5 Å². The van der Waals surface area contributed by atoms with Crippen LogP contribution < -0.4 is 4.74 Å². The number of rotatable bonds is 6. The first-order valence-corrected chi connectivity index (χ1v) is 10.2. The number of carbonyl (C=O) groups is 1. The molecule has 4 aromatic rings. The van der Waals surface area contributed by atoms with Crippen LogP contribution in [0.5, 0.6) is 11.5 Å². The SMILES string of the molecule is Cc1ccc(-c2cc(Cl)ccc2OCc2c(F)cccc2F)n1-c1cc(O)cc(C(=O)O)c1.